The van der Waals surface area contributed by atoms with Crippen molar-refractivity contribution in [3.63, 3.8) is 0 Å². The molecule has 1 atom stereocenters. The van der Waals surface area contributed by atoms with Crippen molar-refractivity contribution in [1.29, 1.82) is 0 Å². The van der Waals surface area contributed by atoms with Gasteiger partial charge < -0.3 is 15.1 Å². The van der Waals surface area contributed by atoms with Crippen LogP contribution >= 0.6 is 11.8 Å². The van der Waals surface area contributed by atoms with Crippen LogP contribution in [0.15, 0.2) is 27.8 Å². The molecule has 6 heteroatoms. The van der Waals surface area contributed by atoms with E-state index in [4.69, 9.17) is 4.42 Å². The summed E-state index contributed by atoms with van der Waals surface area (Å²) in [6.45, 7) is 1.71. The normalized spacial score (nSPS) is 13.5. The summed E-state index contributed by atoms with van der Waals surface area (Å²) in [6.07, 6.45) is 6.25. The molecule has 0 aliphatic carbocycles. The predicted octanol–water partition coefficient (Wildman–Crippen LogP) is 2.19. The second-order valence-electron chi connectivity index (χ2n) is 5.07. The summed E-state index contributed by atoms with van der Waals surface area (Å²) in [4.78, 5) is 6.40. The van der Waals surface area contributed by atoms with Crippen LogP contribution in [0.5, 0.6) is 0 Å². The average Bonchev–Trinajstić information content (AvgIpc) is 2.98. The number of thioether (sulfide) groups is 1. The molecular formula is C15H28N4OS. The van der Waals surface area contributed by atoms with E-state index in [0.717, 1.165) is 31.2 Å². The Morgan fingerprint density at radius 3 is 2.76 bits per heavy atom. The summed E-state index contributed by atoms with van der Waals surface area (Å²) in [5.74, 6) is 3.02. The topological polar surface area (TPSA) is 52.8 Å². The minimum Gasteiger partial charge on any atom is -0.468 e. The Kier molecular flexibility index (Phi) is 9.01. The second-order valence-corrected chi connectivity index (χ2v) is 6.06. The third-order valence-electron chi connectivity index (χ3n) is 3.25. The van der Waals surface area contributed by atoms with Gasteiger partial charge in [0.25, 0.3) is 0 Å². The molecule has 0 saturated carbocycles. The first-order chi connectivity index (χ1) is 10.2. The molecular weight excluding hydrogens is 284 g/mol. The molecule has 1 rings (SSSR count). The molecule has 1 aromatic rings. The van der Waals surface area contributed by atoms with E-state index in [1.807, 2.05) is 38.0 Å². The summed E-state index contributed by atoms with van der Waals surface area (Å²) < 4.78 is 5.50. The summed E-state index contributed by atoms with van der Waals surface area (Å²) in [7, 11) is 5.90. The van der Waals surface area contributed by atoms with Gasteiger partial charge in [-0.05, 0) is 51.1 Å². The number of nitrogens with zero attached hydrogens (tertiary/aromatic N) is 2. The van der Waals surface area contributed by atoms with Gasteiger partial charge in [-0.25, -0.2) is 0 Å². The maximum absolute atomic E-state index is 5.50. The van der Waals surface area contributed by atoms with E-state index in [0.29, 0.717) is 0 Å². The molecule has 120 valence electrons. The van der Waals surface area contributed by atoms with Gasteiger partial charge in [0.05, 0.1) is 12.3 Å². The maximum Gasteiger partial charge on any atom is 0.191 e. The SMILES string of the molecule is CN=C(NCCCCSC)NCC(c1ccco1)N(C)C. The van der Waals surface area contributed by atoms with Crippen LogP contribution in [0.4, 0.5) is 0 Å². The Bertz CT molecular complexity index is 392. The zero-order valence-corrected chi connectivity index (χ0v) is 14.4. The van der Waals surface area contributed by atoms with Crippen molar-refractivity contribution in [1.82, 2.24) is 15.5 Å². The van der Waals surface area contributed by atoms with Crippen molar-refractivity contribution in [3.05, 3.63) is 24.2 Å². The second kappa shape index (κ2) is 10.6. The van der Waals surface area contributed by atoms with Crippen LogP contribution in [0, 0.1) is 0 Å². The largest absolute Gasteiger partial charge is 0.468 e. The fraction of sp³-hybridized carbons (Fsp3) is 0.667. The van der Waals surface area contributed by atoms with Crippen LogP contribution in [-0.2, 0) is 0 Å². The van der Waals surface area contributed by atoms with Crippen LogP contribution < -0.4 is 10.6 Å². The van der Waals surface area contributed by atoms with E-state index in [1.165, 1.54) is 12.2 Å². The average molecular weight is 312 g/mol. The molecule has 1 aromatic heterocycles. The third kappa shape index (κ3) is 6.91. The first kappa shape index (κ1) is 17.9. The van der Waals surface area contributed by atoms with Gasteiger partial charge in [-0.3, -0.25) is 9.89 Å². The first-order valence-corrected chi connectivity index (χ1v) is 8.71. The number of hydrogen-bond donors (Lipinski definition) is 2. The number of hydrogen-bond acceptors (Lipinski definition) is 4. The van der Waals surface area contributed by atoms with Crippen molar-refractivity contribution in [2.45, 2.75) is 18.9 Å². The van der Waals surface area contributed by atoms with Crippen LogP contribution in [0.3, 0.4) is 0 Å². The Balaban J connectivity index is 2.35. The first-order valence-electron chi connectivity index (χ1n) is 7.32. The van der Waals surface area contributed by atoms with E-state index in [-0.39, 0.29) is 6.04 Å². The minimum absolute atomic E-state index is 0.190. The van der Waals surface area contributed by atoms with E-state index < -0.39 is 0 Å². The van der Waals surface area contributed by atoms with Crippen LogP contribution in [0.1, 0.15) is 24.6 Å². The molecule has 5 nitrogen and oxygen atoms in total. The highest BCUT2D eigenvalue weighted by molar-refractivity contribution is 7.98. The lowest BCUT2D eigenvalue weighted by atomic mass is 10.2. The number of likely N-dealkylation sites (N-methyl/N-ethyl adjacent to an activating group) is 1. The maximum atomic E-state index is 5.50. The van der Waals surface area contributed by atoms with Crippen molar-refractivity contribution in [2.75, 3.05) is 46.2 Å². The van der Waals surface area contributed by atoms with E-state index >= 15 is 0 Å². The number of aliphatic imine (C=N–C) groups is 1. The molecule has 0 bridgehead atoms. The standard InChI is InChI=1S/C15H28N4OS/c1-16-15(17-9-5-6-11-21-4)18-12-13(19(2)3)14-8-7-10-20-14/h7-8,10,13H,5-6,9,11-12H2,1-4H3,(H2,16,17,18). The Morgan fingerprint density at radius 1 is 1.38 bits per heavy atom. The van der Waals surface area contributed by atoms with Gasteiger partial charge >= 0.3 is 0 Å². The van der Waals surface area contributed by atoms with Gasteiger partial charge in [0, 0.05) is 20.1 Å². The zero-order valence-electron chi connectivity index (χ0n) is 13.6. The number of furan rings is 1. The number of rotatable bonds is 9. The molecule has 0 aliphatic heterocycles. The number of unbranched alkanes of at least 4 members (excludes halogenated alkanes) is 1. The van der Waals surface area contributed by atoms with Crippen molar-refractivity contribution in [2.24, 2.45) is 4.99 Å². The van der Waals surface area contributed by atoms with E-state index in [2.05, 4.69) is 26.8 Å². The fourth-order valence-corrected chi connectivity index (χ4v) is 2.50. The van der Waals surface area contributed by atoms with Gasteiger partial charge in [-0.2, -0.15) is 11.8 Å². The van der Waals surface area contributed by atoms with Gasteiger partial charge in [0.15, 0.2) is 5.96 Å². The smallest absolute Gasteiger partial charge is 0.191 e. The summed E-state index contributed by atoms with van der Waals surface area (Å²) in [5.41, 5.74) is 0. The highest BCUT2D eigenvalue weighted by Gasteiger charge is 2.17. The monoisotopic (exact) mass is 312 g/mol. The molecule has 1 heterocycles. The zero-order chi connectivity index (χ0) is 15.5. The molecule has 0 fully saturated rings. The summed E-state index contributed by atoms with van der Waals surface area (Å²) >= 11 is 1.89. The van der Waals surface area contributed by atoms with E-state index in [9.17, 15) is 0 Å². The van der Waals surface area contributed by atoms with Gasteiger partial charge in [-0.15, -0.1) is 0 Å². The Morgan fingerprint density at radius 2 is 2.19 bits per heavy atom. The molecule has 0 radical (unpaired) electrons. The summed E-state index contributed by atoms with van der Waals surface area (Å²) in [5, 5.41) is 6.71. The number of nitrogens with one attached hydrogen (secondary N) is 2. The van der Waals surface area contributed by atoms with E-state index in [1.54, 1.807) is 13.3 Å². The molecule has 0 aromatic carbocycles. The lowest BCUT2D eigenvalue weighted by Crippen LogP contribution is -2.42. The molecule has 0 aliphatic rings. The van der Waals surface area contributed by atoms with Gasteiger partial charge in [0.1, 0.15) is 5.76 Å². The lowest BCUT2D eigenvalue weighted by molar-refractivity contribution is 0.258. The fourth-order valence-electron chi connectivity index (χ4n) is 2.01. The lowest BCUT2D eigenvalue weighted by Gasteiger charge is -2.23. The molecule has 0 spiro atoms. The summed E-state index contributed by atoms with van der Waals surface area (Å²) in [6, 6.07) is 4.12. The predicted molar refractivity (Wildman–Crippen MR) is 92.1 cm³/mol. The van der Waals surface area contributed by atoms with Gasteiger partial charge in [0.2, 0.25) is 0 Å². The van der Waals surface area contributed by atoms with Crippen molar-refractivity contribution in [3.8, 4) is 0 Å². The minimum atomic E-state index is 0.190. The quantitative estimate of drug-likeness (QED) is 0.416. The van der Waals surface area contributed by atoms with Crippen LogP contribution in [0.25, 0.3) is 0 Å². The van der Waals surface area contributed by atoms with Crippen LogP contribution in [-0.4, -0.2) is 57.1 Å². The van der Waals surface area contributed by atoms with Gasteiger partial charge in [-0.1, -0.05) is 0 Å². The third-order valence-corrected chi connectivity index (χ3v) is 3.95. The van der Waals surface area contributed by atoms with Crippen molar-refractivity contribution < 1.29 is 4.42 Å². The molecule has 1 unspecified atom stereocenters. The highest BCUT2D eigenvalue weighted by atomic mass is 32.2. The Labute approximate surface area is 132 Å². The molecule has 0 amide bonds. The molecule has 2 N–H and O–H groups in total. The van der Waals surface area contributed by atoms with Crippen molar-refractivity contribution >= 4 is 17.7 Å². The van der Waals surface area contributed by atoms with Crippen LogP contribution in [0.2, 0.25) is 0 Å². The molecule has 21 heavy (non-hydrogen) atoms. The highest BCUT2D eigenvalue weighted by Crippen LogP contribution is 2.17. The number of guanidine groups is 1. The molecule has 0 saturated heterocycles. The Hall–Kier alpha value is -1.14.